The minimum absolute atomic E-state index is 0.101. The van der Waals surface area contributed by atoms with E-state index in [0.29, 0.717) is 19.3 Å². The maximum absolute atomic E-state index is 11.5. The fraction of sp³-hybridized carbons (Fsp3) is 0.643. The summed E-state index contributed by atoms with van der Waals surface area (Å²) in [6, 6.07) is 2.00. The van der Waals surface area contributed by atoms with E-state index in [-0.39, 0.29) is 12.8 Å². The van der Waals surface area contributed by atoms with Crippen LogP contribution < -0.4 is 0 Å². The van der Waals surface area contributed by atoms with E-state index >= 15 is 0 Å². The molecular formula is C14H19NO4. The highest BCUT2D eigenvalue weighted by molar-refractivity contribution is 5.70. The van der Waals surface area contributed by atoms with Gasteiger partial charge in [-0.25, -0.2) is 0 Å². The van der Waals surface area contributed by atoms with Gasteiger partial charge in [0.1, 0.15) is 5.41 Å². The van der Waals surface area contributed by atoms with Crippen LogP contribution in [0.4, 0.5) is 0 Å². The second-order valence-corrected chi connectivity index (χ2v) is 4.82. The standard InChI is InChI=1S/C14H19NO4/c1-4-11(14(2,3)10-15)19-13(18)9-7-5-6-8-12(16)17/h1,11H,5-9H2,2-3H3,(H,16,17). The number of nitriles is 1. The van der Waals surface area contributed by atoms with Crippen molar-refractivity contribution in [1.82, 2.24) is 0 Å². The van der Waals surface area contributed by atoms with Gasteiger partial charge in [0.05, 0.1) is 6.07 Å². The molecule has 0 aromatic carbocycles. The minimum atomic E-state index is -0.923. The summed E-state index contributed by atoms with van der Waals surface area (Å²) in [7, 11) is 0. The van der Waals surface area contributed by atoms with Gasteiger partial charge in [0.2, 0.25) is 0 Å². The first-order valence-corrected chi connectivity index (χ1v) is 6.12. The molecule has 1 atom stereocenters. The minimum Gasteiger partial charge on any atom is -0.481 e. The van der Waals surface area contributed by atoms with Gasteiger partial charge in [0, 0.05) is 12.8 Å². The van der Waals surface area contributed by atoms with E-state index in [4.69, 9.17) is 21.5 Å². The Hall–Kier alpha value is -2.01. The maximum atomic E-state index is 11.5. The van der Waals surface area contributed by atoms with Crippen molar-refractivity contribution in [3.05, 3.63) is 0 Å². The summed E-state index contributed by atoms with van der Waals surface area (Å²) in [6.45, 7) is 3.22. The zero-order valence-electron chi connectivity index (χ0n) is 11.3. The van der Waals surface area contributed by atoms with Crippen molar-refractivity contribution < 1.29 is 19.4 Å². The molecule has 0 amide bonds. The third-order valence-corrected chi connectivity index (χ3v) is 2.62. The molecular weight excluding hydrogens is 246 g/mol. The number of carbonyl (C=O) groups excluding carboxylic acids is 1. The topological polar surface area (TPSA) is 87.4 Å². The van der Waals surface area contributed by atoms with Crippen LogP contribution in [0.25, 0.3) is 0 Å². The first-order chi connectivity index (χ1) is 8.83. The summed E-state index contributed by atoms with van der Waals surface area (Å²) < 4.78 is 5.07. The van der Waals surface area contributed by atoms with Gasteiger partial charge in [-0.3, -0.25) is 9.59 Å². The van der Waals surface area contributed by atoms with E-state index in [0.717, 1.165) is 0 Å². The Bertz CT molecular complexity index is 401. The van der Waals surface area contributed by atoms with Gasteiger partial charge in [0.15, 0.2) is 6.10 Å². The van der Waals surface area contributed by atoms with Gasteiger partial charge >= 0.3 is 11.9 Å². The van der Waals surface area contributed by atoms with Gasteiger partial charge in [-0.1, -0.05) is 12.3 Å². The molecule has 5 heteroatoms. The highest BCUT2D eigenvalue weighted by atomic mass is 16.5. The Kier molecular flexibility index (Phi) is 7.29. The first kappa shape index (κ1) is 17.0. The summed E-state index contributed by atoms with van der Waals surface area (Å²) in [4.78, 5) is 21.8. The van der Waals surface area contributed by atoms with E-state index in [2.05, 4.69) is 5.92 Å². The number of hydrogen-bond donors (Lipinski definition) is 1. The number of carbonyl (C=O) groups is 2. The fourth-order valence-corrected chi connectivity index (χ4v) is 1.36. The first-order valence-electron chi connectivity index (χ1n) is 6.12. The predicted octanol–water partition coefficient (Wildman–Crippen LogP) is 2.12. The van der Waals surface area contributed by atoms with Crippen molar-refractivity contribution in [3.63, 3.8) is 0 Å². The molecule has 19 heavy (non-hydrogen) atoms. The summed E-state index contributed by atoms with van der Waals surface area (Å²) >= 11 is 0. The lowest BCUT2D eigenvalue weighted by Gasteiger charge is -2.23. The summed E-state index contributed by atoms with van der Waals surface area (Å²) in [5, 5.41) is 17.4. The molecule has 104 valence electrons. The number of carboxylic acids is 1. The second-order valence-electron chi connectivity index (χ2n) is 4.82. The normalized spacial score (nSPS) is 12.0. The number of ether oxygens (including phenoxy) is 1. The molecule has 1 unspecified atom stereocenters. The Morgan fingerprint density at radius 1 is 1.32 bits per heavy atom. The molecule has 0 aliphatic rings. The largest absolute Gasteiger partial charge is 0.481 e. The molecule has 0 saturated carbocycles. The van der Waals surface area contributed by atoms with Crippen LogP contribution in [0.15, 0.2) is 0 Å². The van der Waals surface area contributed by atoms with Crippen LogP contribution in [0, 0.1) is 29.1 Å². The molecule has 0 aliphatic carbocycles. The predicted molar refractivity (Wildman–Crippen MR) is 68.8 cm³/mol. The monoisotopic (exact) mass is 265 g/mol. The summed E-state index contributed by atoms with van der Waals surface area (Å²) in [5.74, 6) is 0.999. The number of carboxylic acid groups (broad SMARTS) is 1. The highest BCUT2D eigenvalue weighted by Crippen LogP contribution is 2.22. The molecule has 0 aromatic rings. The third kappa shape index (κ3) is 7.10. The van der Waals surface area contributed by atoms with Gasteiger partial charge in [0.25, 0.3) is 0 Å². The molecule has 0 aliphatic heterocycles. The number of unbranched alkanes of at least 4 members (excludes halogenated alkanes) is 2. The van der Waals surface area contributed by atoms with Gasteiger partial charge in [-0.15, -0.1) is 6.42 Å². The highest BCUT2D eigenvalue weighted by Gasteiger charge is 2.31. The van der Waals surface area contributed by atoms with Crippen molar-refractivity contribution in [1.29, 1.82) is 5.26 Å². The molecule has 0 rings (SSSR count). The van der Waals surface area contributed by atoms with Gasteiger partial charge < -0.3 is 9.84 Å². The molecule has 0 spiro atoms. The fourth-order valence-electron chi connectivity index (χ4n) is 1.36. The van der Waals surface area contributed by atoms with Crippen LogP contribution in [0.2, 0.25) is 0 Å². The van der Waals surface area contributed by atoms with E-state index in [1.54, 1.807) is 13.8 Å². The van der Waals surface area contributed by atoms with Gasteiger partial charge in [-0.2, -0.15) is 5.26 Å². The zero-order valence-corrected chi connectivity index (χ0v) is 11.3. The third-order valence-electron chi connectivity index (χ3n) is 2.62. The average molecular weight is 265 g/mol. The molecule has 1 N–H and O–H groups in total. The number of aliphatic carboxylic acids is 1. The maximum Gasteiger partial charge on any atom is 0.307 e. The summed E-state index contributed by atoms with van der Waals surface area (Å²) in [5.41, 5.74) is -0.923. The van der Waals surface area contributed by atoms with Crippen molar-refractivity contribution in [2.24, 2.45) is 5.41 Å². The number of rotatable bonds is 8. The Morgan fingerprint density at radius 3 is 2.37 bits per heavy atom. The van der Waals surface area contributed by atoms with Crippen molar-refractivity contribution in [2.75, 3.05) is 0 Å². The van der Waals surface area contributed by atoms with Gasteiger partial charge in [-0.05, 0) is 26.7 Å². The van der Waals surface area contributed by atoms with Crippen LogP contribution in [-0.4, -0.2) is 23.1 Å². The quantitative estimate of drug-likeness (QED) is 0.412. The van der Waals surface area contributed by atoms with E-state index in [1.807, 2.05) is 6.07 Å². The van der Waals surface area contributed by atoms with Crippen molar-refractivity contribution in [3.8, 4) is 18.4 Å². The molecule has 0 heterocycles. The Morgan fingerprint density at radius 2 is 1.89 bits per heavy atom. The van der Waals surface area contributed by atoms with E-state index < -0.39 is 23.5 Å². The molecule has 0 aromatic heterocycles. The van der Waals surface area contributed by atoms with Crippen LogP contribution in [0.1, 0.15) is 46.0 Å². The van der Waals surface area contributed by atoms with Crippen LogP contribution in [0.3, 0.4) is 0 Å². The lowest BCUT2D eigenvalue weighted by atomic mass is 9.89. The molecule has 0 bridgehead atoms. The lowest BCUT2D eigenvalue weighted by molar-refractivity contribution is -0.149. The number of terminal acetylenes is 1. The van der Waals surface area contributed by atoms with Crippen molar-refractivity contribution in [2.45, 2.75) is 52.1 Å². The SMILES string of the molecule is C#CC(OC(=O)CCCCCC(=O)O)C(C)(C)C#N. The second kappa shape index (κ2) is 8.16. The Labute approximate surface area is 113 Å². The van der Waals surface area contributed by atoms with Crippen LogP contribution in [-0.2, 0) is 14.3 Å². The number of hydrogen-bond acceptors (Lipinski definition) is 4. The van der Waals surface area contributed by atoms with Crippen LogP contribution >= 0.6 is 0 Å². The lowest BCUT2D eigenvalue weighted by Crippen LogP contribution is -2.31. The average Bonchev–Trinajstić information content (AvgIpc) is 2.34. The van der Waals surface area contributed by atoms with Crippen molar-refractivity contribution >= 4 is 11.9 Å². The molecule has 5 nitrogen and oxygen atoms in total. The molecule has 0 saturated heterocycles. The van der Waals surface area contributed by atoms with E-state index in [1.165, 1.54) is 0 Å². The number of nitrogens with zero attached hydrogens (tertiary/aromatic N) is 1. The molecule has 0 radical (unpaired) electrons. The zero-order chi connectivity index (χ0) is 14.9. The Balaban J connectivity index is 4.01. The smallest absolute Gasteiger partial charge is 0.307 e. The van der Waals surface area contributed by atoms with Crippen LogP contribution in [0.5, 0.6) is 0 Å². The van der Waals surface area contributed by atoms with E-state index in [9.17, 15) is 9.59 Å². The number of esters is 1. The summed E-state index contributed by atoms with van der Waals surface area (Å²) in [6.07, 6.45) is 6.39. The molecule has 0 fully saturated rings.